The minimum atomic E-state index is -4.56. The van der Waals surface area contributed by atoms with Crippen LogP contribution in [-0.4, -0.2) is 28.1 Å². The molecule has 0 aliphatic rings. The smallest absolute Gasteiger partial charge is 0.296 e. The number of rotatable bonds is 9. The van der Waals surface area contributed by atoms with Crippen LogP contribution in [0.5, 0.6) is 5.88 Å². The second-order valence-corrected chi connectivity index (χ2v) is 11.4. The van der Waals surface area contributed by atoms with E-state index in [0.717, 1.165) is 12.5 Å². The van der Waals surface area contributed by atoms with Crippen molar-refractivity contribution < 1.29 is 22.3 Å². The molecule has 0 fully saturated rings. The number of aryl methyl sites for hydroxylation is 2. The largest absolute Gasteiger partial charge is 0.493 e. The molecule has 0 amide bonds. The highest BCUT2D eigenvalue weighted by atomic mass is 32.2. The van der Waals surface area contributed by atoms with Gasteiger partial charge in [0.05, 0.1) is 16.5 Å². The summed E-state index contributed by atoms with van der Waals surface area (Å²) < 4.78 is 56.7. The lowest BCUT2D eigenvalue weighted by Gasteiger charge is -2.25. The molecule has 212 valence electrons. The minimum absolute atomic E-state index is 0.157. The van der Waals surface area contributed by atoms with Gasteiger partial charge in [-0.2, -0.15) is 14.6 Å². The van der Waals surface area contributed by atoms with Crippen LogP contribution in [-0.2, 0) is 16.3 Å². The van der Waals surface area contributed by atoms with Crippen molar-refractivity contribution >= 4 is 9.84 Å². The average molecular weight is 579 g/mol. The van der Waals surface area contributed by atoms with E-state index in [9.17, 15) is 27.1 Å². The second kappa shape index (κ2) is 12.0. The third kappa shape index (κ3) is 5.74. The lowest BCUT2D eigenvalue weighted by atomic mass is 10.0. The Labute approximate surface area is 236 Å². The topological polar surface area (TPSA) is 126 Å². The van der Waals surface area contributed by atoms with Gasteiger partial charge in [-0.25, -0.2) is 17.8 Å². The van der Waals surface area contributed by atoms with Gasteiger partial charge in [0.25, 0.3) is 5.56 Å². The van der Waals surface area contributed by atoms with E-state index in [1.54, 1.807) is 19.9 Å². The first-order chi connectivity index (χ1) is 19.5. The Morgan fingerprint density at radius 2 is 1.76 bits per heavy atom. The Hall–Kier alpha value is -4.43. The number of aromatic hydroxyl groups is 1. The first-order valence-electron chi connectivity index (χ1n) is 13.1. The van der Waals surface area contributed by atoms with Gasteiger partial charge in [0.15, 0.2) is 4.90 Å². The van der Waals surface area contributed by atoms with Crippen LogP contribution in [0, 0.1) is 30.0 Å². The van der Waals surface area contributed by atoms with Crippen molar-refractivity contribution in [1.29, 1.82) is 5.26 Å². The summed E-state index contributed by atoms with van der Waals surface area (Å²) in [7, 11) is -4.56. The summed E-state index contributed by atoms with van der Waals surface area (Å²) in [5, 5.41) is 20.5. The average Bonchev–Trinajstić information content (AvgIpc) is 2.93. The number of unbranched alkanes of at least 4 members (excludes halogenated alkanes) is 1. The fourth-order valence-electron chi connectivity index (χ4n) is 4.79. The molecule has 8 nitrogen and oxygen atoms in total. The van der Waals surface area contributed by atoms with Gasteiger partial charge in [0, 0.05) is 17.7 Å². The van der Waals surface area contributed by atoms with E-state index in [2.05, 4.69) is 9.97 Å². The van der Waals surface area contributed by atoms with Crippen LogP contribution in [0.3, 0.4) is 0 Å². The standard InChI is InChI=1S/C30H28F2N4O4S/c1-4-6-7-27-35-29(37)28(30(38)36(27)25(5-2)20-8-9-21(17-33)24(31)16-20)41(39,40)22-12-10-19(11-13-22)23-14-15-26(32)34-18(23)3/h8-16,25,38H,4-7H2,1-3H3/t25-/m0/s1. The van der Waals surface area contributed by atoms with E-state index in [1.165, 1.54) is 53.1 Å². The summed E-state index contributed by atoms with van der Waals surface area (Å²) in [5.41, 5.74) is 0.709. The molecule has 0 unspecified atom stereocenters. The maximum absolute atomic E-state index is 14.5. The van der Waals surface area contributed by atoms with Crippen molar-refractivity contribution in [3.63, 3.8) is 0 Å². The monoisotopic (exact) mass is 578 g/mol. The first-order valence-corrected chi connectivity index (χ1v) is 14.5. The SMILES string of the molecule is CCCCc1nc(=O)c(S(=O)(=O)c2ccc(-c3ccc(F)nc3C)cc2)c(O)n1[C@@H](CC)c1ccc(C#N)c(F)c1. The molecular weight excluding hydrogens is 550 g/mol. The van der Waals surface area contributed by atoms with Gasteiger partial charge in [-0.1, -0.05) is 38.5 Å². The number of sulfone groups is 1. The fourth-order valence-corrected chi connectivity index (χ4v) is 6.13. The number of aromatic nitrogens is 3. The number of hydrogen-bond donors (Lipinski definition) is 1. The molecule has 4 rings (SSSR count). The molecule has 2 heterocycles. The predicted octanol–water partition coefficient (Wildman–Crippen LogP) is 5.64. The molecule has 11 heteroatoms. The number of pyridine rings is 1. The van der Waals surface area contributed by atoms with E-state index in [-0.39, 0.29) is 22.7 Å². The van der Waals surface area contributed by atoms with Crippen LogP contribution < -0.4 is 5.56 Å². The zero-order chi connectivity index (χ0) is 29.9. The Morgan fingerprint density at radius 1 is 1.05 bits per heavy atom. The normalized spacial score (nSPS) is 12.2. The van der Waals surface area contributed by atoms with Crippen molar-refractivity contribution in [3.05, 3.63) is 99.4 Å². The number of nitrogens with zero attached hydrogens (tertiary/aromatic N) is 4. The Bertz CT molecular complexity index is 1810. The molecule has 1 atom stereocenters. The molecule has 0 saturated carbocycles. The molecule has 0 aliphatic carbocycles. The van der Waals surface area contributed by atoms with Gasteiger partial charge >= 0.3 is 0 Å². The number of nitriles is 1. The van der Waals surface area contributed by atoms with E-state index < -0.39 is 44.0 Å². The molecule has 41 heavy (non-hydrogen) atoms. The summed E-state index contributed by atoms with van der Waals surface area (Å²) in [6.45, 7) is 5.32. The van der Waals surface area contributed by atoms with Gasteiger partial charge in [-0.3, -0.25) is 9.36 Å². The van der Waals surface area contributed by atoms with Crippen molar-refractivity contribution in [1.82, 2.24) is 14.5 Å². The lowest BCUT2D eigenvalue weighted by Crippen LogP contribution is -2.27. The maximum atomic E-state index is 14.5. The highest BCUT2D eigenvalue weighted by Gasteiger charge is 2.32. The van der Waals surface area contributed by atoms with Gasteiger partial charge in [-0.15, -0.1) is 0 Å². The highest BCUT2D eigenvalue weighted by Crippen LogP contribution is 2.34. The van der Waals surface area contributed by atoms with Crippen LogP contribution in [0.25, 0.3) is 11.1 Å². The number of halogens is 2. The van der Waals surface area contributed by atoms with E-state index in [4.69, 9.17) is 5.26 Å². The third-order valence-corrected chi connectivity index (χ3v) is 8.67. The number of hydrogen-bond acceptors (Lipinski definition) is 7. The summed E-state index contributed by atoms with van der Waals surface area (Å²) >= 11 is 0. The Balaban J connectivity index is 1.87. The van der Waals surface area contributed by atoms with E-state index >= 15 is 0 Å². The highest BCUT2D eigenvalue weighted by molar-refractivity contribution is 7.91. The molecule has 0 radical (unpaired) electrons. The second-order valence-electron chi connectivity index (χ2n) is 9.53. The first kappa shape index (κ1) is 29.6. The summed E-state index contributed by atoms with van der Waals surface area (Å²) in [6.07, 6.45) is 1.92. The number of benzene rings is 2. The van der Waals surface area contributed by atoms with Crippen LogP contribution in [0.4, 0.5) is 8.78 Å². The zero-order valence-electron chi connectivity index (χ0n) is 22.7. The minimum Gasteiger partial charge on any atom is -0.493 e. The van der Waals surface area contributed by atoms with Crippen molar-refractivity contribution in [3.8, 4) is 23.1 Å². The molecule has 2 aromatic heterocycles. The summed E-state index contributed by atoms with van der Waals surface area (Å²) in [4.78, 5) is 19.9. The van der Waals surface area contributed by atoms with Crippen LogP contribution >= 0.6 is 0 Å². The maximum Gasteiger partial charge on any atom is 0.296 e. The van der Waals surface area contributed by atoms with E-state index in [0.29, 0.717) is 35.2 Å². The lowest BCUT2D eigenvalue weighted by molar-refractivity contribution is 0.358. The molecule has 2 aromatic carbocycles. The molecule has 1 N–H and O–H groups in total. The molecule has 0 saturated heterocycles. The van der Waals surface area contributed by atoms with E-state index in [1.807, 2.05) is 6.92 Å². The third-order valence-electron chi connectivity index (χ3n) is 6.88. The quantitative estimate of drug-likeness (QED) is 0.255. The van der Waals surface area contributed by atoms with Crippen LogP contribution in [0.15, 0.2) is 69.2 Å². The van der Waals surface area contributed by atoms with Gasteiger partial charge in [0.1, 0.15) is 17.7 Å². The van der Waals surface area contributed by atoms with Crippen molar-refractivity contribution in [2.75, 3.05) is 0 Å². The predicted molar refractivity (Wildman–Crippen MR) is 148 cm³/mol. The van der Waals surface area contributed by atoms with Gasteiger partial charge in [-0.05, 0) is 67.3 Å². The molecule has 0 bridgehead atoms. The molecule has 0 spiro atoms. The van der Waals surface area contributed by atoms with Crippen molar-refractivity contribution in [2.45, 2.75) is 62.3 Å². The van der Waals surface area contributed by atoms with Gasteiger partial charge in [0.2, 0.25) is 21.7 Å². The molecular formula is C30H28F2N4O4S. The van der Waals surface area contributed by atoms with Crippen LogP contribution in [0.1, 0.15) is 61.8 Å². The van der Waals surface area contributed by atoms with Crippen LogP contribution in [0.2, 0.25) is 0 Å². The Kier molecular flexibility index (Phi) is 8.63. The summed E-state index contributed by atoms with van der Waals surface area (Å²) in [5.74, 6) is -2.03. The molecule has 0 aliphatic heterocycles. The van der Waals surface area contributed by atoms with Crippen molar-refractivity contribution in [2.24, 2.45) is 0 Å². The fraction of sp³-hybridized carbons (Fsp3) is 0.267. The van der Waals surface area contributed by atoms with Gasteiger partial charge < -0.3 is 5.11 Å². The summed E-state index contributed by atoms with van der Waals surface area (Å²) in [6, 6.07) is 13.3. The Morgan fingerprint density at radius 3 is 2.34 bits per heavy atom. The molecule has 4 aromatic rings. The zero-order valence-corrected chi connectivity index (χ0v) is 23.5.